The van der Waals surface area contributed by atoms with Crippen molar-refractivity contribution in [3.63, 3.8) is 0 Å². The Morgan fingerprint density at radius 2 is 1.96 bits per heavy atom. The monoisotopic (exact) mass is 398 g/mol. The second kappa shape index (κ2) is 8.73. The molecule has 2 aromatic heterocycles. The van der Waals surface area contributed by atoms with E-state index in [4.69, 9.17) is 0 Å². The fourth-order valence-electron chi connectivity index (χ4n) is 3.54. The lowest BCUT2D eigenvalue weighted by Gasteiger charge is -2.21. The highest BCUT2D eigenvalue weighted by Crippen LogP contribution is 2.27. The Hall–Kier alpha value is -2.41. The molecule has 4 rings (SSSR count). The minimum atomic E-state index is -0.243. The van der Waals surface area contributed by atoms with Crippen LogP contribution in [0.5, 0.6) is 0 Å². The molecule has 0 atom stereocenters. The van der Waals surface area contributed by atoms with Gasteiger partial charge in [0.25, 0.3) is 0 Å². The molecule has 0 bridgehead atoms. The third-order valence-electron chi connectivity index (χ3n) is 5.02. The molecule has 1 aliphatic heterocycles. The zero-order chi connectivity index (χ0) is 19.3. The van der Waals surface area contributed by atoms with Crippen LogP contribution in [0.15, 0.2) is 47.9 Å². The zero-order valence-corrected chi connectivity index (χ0v) is 16.5. The number of rotatable bonds is 5. The van der Waals surface area contributed by atoms with Gasteiger partial charge in [-0.05, 0) is 36.6 Å². The number of carbonyl (C=O) groups is 1. The summed E-state index contributed by atoms with van der Waals surface area (Å²) < 4.78 is 15.4. The molecule has 0 spiro atoms. The molecule has 1 saturated heterocycles. The first-order chi connectivity index (χ1) is 13.7. The summed E-state index contributed by atoms with van der Waals surface area (Å²) in [5.41, 5.74) is 2.56. The van der Waals surface area contributed by atoms with E-state index in [2.05, 4.69) is 9.97 Å². The van der Waals surface area contributed by atoms with Gasteiger partial charge in [0.1, 0.15) is 12.4 Å². The molecule has 1 aromatic carbocycles. The first-order valence-electron chi connectivity index (χ1n) is 9.66. The van der Waals surface area contributed by atoms with Gasteiger partial charge < -0.3 is 9.47 Å². The molecule has 3 heterocycles. The van der Waals surface area contributed by atoms with Gasteiger partial charge in [-0.25, -0.2) is 9.37 Å². The van der Waals surface area contributed by atoms with Crippen molar-refractivity contribution in [2.24, 2.45) is 0 Å². The van der Waals surface area contributed by atoms with Gasteiger partial charge in [0, 0.05) is 25.0 Å². The van der Waals surface area contributed by atoms with Crippen LogP contribution in [0.3, 0.4) is 0 Å². The highest BCUT2D eigenvalue weighted by atomic mass is 32.2. The van der Waals surface area contributed by atoms with Crippen molar-refractivity contribution in [3.05, 3.63) is 54.1 Å². The number of imidazole rings is 1. The van der Waals surface area contributed by atoms with Gasteiger partial charge in [0.05, 0.1) is 17.2 Å². The van der Waals surface area contributed by atoms with Gasteiger partial charge in [-0.1, -0.05) is 36.7 Å². The van der Waals surface area contributed by atoms with Crippen molar-refractivity contribution in [2.75, 3.05) is 13.1 Å². The van der Waals surface area contributed by atoms with Crippen molar-refractivity contribution in [1.29, 1.82) is 0 Å². The fourth-order valence-corrected chi connectivity index (χ4v) is 4.50. The lowest BCUT2D eigenvalue weighted by atomic mass is 10.2. The van der Waals surface area contributed by atoms with Crippen LogP contribution in [0.4, 0.5) is 4.39 Å². The van der Waals surface area contributed by atoms with Crippen LogP contribution in [-0.4, -0.2) is 38.4 Å². The largest absolute Gasteiger partial charge is 0.341 e. The van der Waals surface area contributed by atoms with Crippen LogP contribution in [-0.2, 0) is 17.1 Å². The molecular weight excluding hydrogens is 375 g/mol. The van der Waals surface area contributed by atoms with E-state index >= 15 is 0 Å². The van der Waals surface area contributed by atoms with Gasteiger partial charge in [-0.3, -0.25) is 9.78 Å². The van der Waals surface area contributed by atoms with E-state index in [0.29, 0.717) is 5.75 Å². The maximum atomic E-state index is 13.5. The molecule has 0 saturated carbocycles. The molecule has 0 unspecified atom stereocenters. The molecular formula is C21H23FN4OS. The number of hydrogen-bond donors (Lipinski definition) is 0. The Morgan fingerprint density at radius 1 is 1.14 bits per heavy atom. The lowest BCUT2D eigenvalue weighted by Crippen LogP contribution is -2.34. The molecule has 1 amide bonds. The SMILES string of the molecule is O=C(Cn1c(SCc2cccc(F)c2)nc2ccncc21)N1CCCCCC1. The Kier molecular flexibility index (Phi) is 5.90. The molecule has 5 nitrogen and oxygen atoms in total. The first kappa shape index (κ1) is 18.9. The van der Waals surface area contributed by atoms with Crippen LogP contribution in [0.25, 0.3) is 11.0 Å². The molecule has 146 valence electrons. The molecule has 0 radical (unpaired) electrons. The molecule has 3 aromatic rings. The second-order valence-electron chi connectivity index (χ2n) is 7.06. The third-order valence-corrected chi connectivity index (χ3v) is 6.07. The highest BCUT2D eigenvalue weighted by molar-refractivity contribution is 7.98. The van der Waals surface area contributed by atoms with E-state index in [0.717, 1.165) is 47.7 Å². The predicted molar refractivity (Wildman–Crippen MR) is 109 cm³/mol. The first-order valence-corrected chi connectivity index (χ1v) is 10.6. The molecule has 1 aliphatic rings. The van der Waals surface area contributed by atoms with E-state index in [1.54, 1.807) is 18.5 Å². The summed E-state index contributed by atoms with van der Waals surface area (Å²) in [4.78, 5) is 23.8. The minimum Gasteiger partial charge on any atom is -0.341 e. The Bertz CT molecular complexity index is 966. The van der Waals surface area contributed by atoms with E-state index < -0.39 is 0 Å². The molecule has 28 heavy (non-hydrogen) atoms. The summed E-state index contributed by atoms with van der Waals surface area (Å²) >= 11 is 1.51. The maximum Gasteiger partial charge on any atom is 0.242 e. The van der Waals surface area contributed by atoms with Crippen molar-refractivity contribution >= 4 is 28.7 Å². The number of pyridine rings is 1. The van der Waals surface area contributed by atoms with Crippen molar-refractivity contribution in [1.82, 2.24) is 19.4 Å². The maximum absolute atomic E-state index is 13.5. The minimum absolute atomic E-state index is 0.123. The number of likely N-dealkylation sites (tertiary alicyclic amines) is 1. The van der Waals surface area contributed by atoms with Gasteiger partial charge >= 0.3 is 0 Å². The number of thioether (sulfide) groups is 1. The quantitative estimate of drug-likeness (QED) is 0.603. The number of aromatic nitrogens is 3. The fraction of sp³-hybridized carbons (Fsp3) is 0.381. The molecule has 0 aliphatic carbocycles. The van der Waals surface area contributed by atoms with Crippen LogP contribution < -0.4 is 0 Å². The number of fused-ring (bicyclic) bond motifs is 1. The standard InChI is InChI=1S/C21H23FN4OS/c22-17-7-5-6-16(12-17)15-28-21-24-18-8-9-23-13-19(18)26(21)14-20(27)25-10-3-1-2-4-11-25/h5-9,12-13H,1-4,10-11,14-15H2. The second-order valence-corrected chi connectivity index (χ2v) is 8.00. The Labute approximate surface area is 168 Å². The summed E-state index contributed by atoms with van der Waals surface area (Å²) in [7, 11) is 0. The molecule has 7 heteroatoms. The summed E-state index contributed by atoms with van der Waals surface area (Å²) in [5.74, 6) is 0.469. The van der Waals surface area contributed by atoms with Crippen LogP contribution >= 0.6 is 11.8 Å². The van der Waals surface area contributed by atoms with Gasteiger partial charge in [-0.15, -0.1) is 0 Å². The number of carbonyl (C=O) groups excluding carboxylic acids is 1. The average Bonchev–Trinajstić information content (AvgIpc) is 2.86. The number of amides is 1. The summed E-state index contributed by atoms with van der Waals surface area (Å²) in [5, 5.41) is 0.760. The lowest BCUT2D eigenvalue weighted by molar-refractivity contribution is -0.131. The smallest absolute Gasteiger partial charge is 0.242 e. The average molecular weight is 399 g/mol. The zero-order valence-electron chi connectivity index (χ0n) is 15.7. The summed E-state index contributed by atoms with van der Waals surface area (Å²) in [6, 6.07) is 8.43. The van der Waals surface area contributed by atoms with Crippen molar-refractivity contribution in [2.45, 2.75) is 43.1 Å². The van der Waals surface area contributed by atoms with Crippen LogP contribution in [0, 0.1) is 5.82 Å². The number of hydrogen-bond acceptors (Lipinski definition) is 4. The van der Waals surface area contributed by atoms with E-state index in [9.17, 15) is 9.18 Å². The topological polar surface area (TPSA) is 51.0 Å². The molecule has 0 N–H and O–H groups in total. The van der Waals surface area contributed by atoms with Crippen molar-refractivity contribution in [3.8, 4) is 0 Å². The van der Waals surface area contributed by atoms with Gasteiger partial charge in [0.2, 0.25) is 5.91 Å². The third kappa shape index (κ3) is 4.35. The Balaban J connectivity index is 1.57. The Morgan fingerprint density at radius 3 is 2.75 bits per heavy atom. The van der Waals surface area contributed by atoms with Crippen LogP contribution in [0.2, 0.25) is 0 Å². The summed E-state index contributed by atoms with van der Waals surface area (Å²) in [6.45, 7) is 1.92. The number of halogens is 1. The van der Waals surface area contributed by atoms with E-state index in [1.807, 2.05) is 21.6 Å². The molecule has 1 fully saturated rings. The normalized spacial score (nSPS) is 15.0. The highest BCUT2D eigenvalue weighted by Gasteiger charge is 2.19. The van der Waals surface area contributed by atoms with E-state index in [1.165, 1.54) is 36.7 Å². The van der Waals surface area contributed by atoms with Gasteiger partial charge in [-0.2, -0.15) is 0 Å². The predicted octanol–water partition coefficient (Wildman–Crippen LogP) is 4.27. The van der Waals surface area contributed by atoms with E-state index in [-0.39, 0.29) is 18.3 Å². The number of nitrogens with zero attached hydrogens (tertiary/aromatic N) is 4. The van der Waals surface area contributed by atoms with Crippen molar-refractivity contribution < 1.29 is 9.18 Å². The summed E-state index contributed by atoms with van der Waals surface area (Å²) in [6.07, 6.45) is 7.98. The van der Waals surface area contributed by atoms with Gasteiger partial charge in [0.15, 0.2) is 5.16 Å². The number of benzene rings is 1. The van der Waals surface area contributed by atoms with Crippen LogP contribution in [0.1, 0.15) is 31.2 Å².